The molecular formula is C23H20N2O2S. The zero-order valence-corrected chi connectivity index (χ0v) is 16.5. The standard InChI is InChI=1S/C23H20N2O2S/c1-15-8-7-9-17(14-15)27-16(2)22(26)24-19-11-4-3-10-18(19)23-25-20-12-5-6-13-21(20)28-23/h3-14,16H,1-2H3,(H,24,26)/t16-/m1/s1. The Hall–Kier alpha value is -3.18. The number of thiazole rings is 1. The average molecular weight is 388 g/mol. The maximum Gasteiger partial charge on any atom is 0.265 e. The molecule has 0 bridgehead atoms. The number of aryl methyl sites for hydroxylation is 1. The van der Waals surface area contributed by atoms with E-state index in [9.17, 15) is 4.79 Å². The van der Waals surface area contributed by atoms with Gasteiger partial charge in [0.1, 0.15) is 10.8 Å². The van der Waals surface area contributed by atoms with Gasteiger partial charge < -0.3 is 10.1 Å². The minimum Gasteiger partial charge on any atom is -0.481 e. The molecule has 1 atom stereocenters. The van der Waals surface area contributed by atoms with E-state index in [4.69, 9.17) is 9.72 Å². The Morgan fingerprint density at radius 1 is 1.04 bits per heavy atom. The molecule has 1 heterocycles. The Balaban J connectivity index is 1.55. The highest BCUT2D eigenvalue weighted by atomic mass is 32.1. The van der Waals surface area contributed by atoms with E-state index in [1.807, 2.05) is 73.7 Å². The van der Waals surface area contributed by atoms with E-state index in [1.165, 1.54) is 0 Å². The molecule has 0 aliphatic carbocycles. The first kappa shape index (κ1) is 18.2. The maximum absolute atomic E-state index is 12.7. The summed E-state index contributed by atoms with van der Waals surface area (Å²) in [4.78, 5) is 17.4. The zero-order valence-electron chi connectivity index (χ0n) is 15.7. The second-order valence-corrected chi connectivity index (χ2v) is 7.63. The van der Waals surface area contributed by atoms with Crippen molar-refractivity contribution in [2.75, 3.05) is 5.32 Å². The summed E-state index contributed by atoms with van der Waals surface area (Å²) in [5, 5.41) is 3.87. The summed E-state index contributed by atoms with van der Waals surface area (Å²) in [6, 6.07) is 23.4. The van der Waals surface area contributed by atoms with Crippen LogP contribution in [0.3, 0.4) is 0 Å². The molecule has 0 spiro atoms. The lowest BCUT2D eigenvalue weighted by Gasteiger charge is -2.16. The van der Waals surface area contributed by atoms with Gasteiger partial charge in [-0.3, -0.25) is 4.79 Å². The number of carbonyl (C=O) groups is 1. The number of para-hydroxylation sites is 2. The van der Waals surface area contributed by atoms with Crippen LogP contribution in [0, 0.1) is 6.92 Å². The highest BCUT2D eigenvalue weighted by molar-refractivity contribution is 7.21. The molecule has 1 aromatic heterocycles. The highest BCUT2D eigenvalue weighted by Gasteiger charge is 2.18. The summed E-state index contributed by atoms with van der Waals surface area (Å²) in [6.45, 7) is 3.74. The molecule has 0 aliphatic rings. The van der Waals surface area contributed by atoms with Crippen LogP contribution in [0.1, 0.15) is 12.5 Å². The number of fused-ring (bicyclic) bond motifs is 1. The summed E-state index contributed by atoms with van der Waals surface area (Å²) < 4.78 is 6.92. The Morgan fingerprint density at radius 3 is 2.64 bits per heavy atom. The molecule has 28 heavy (non-hydrogen) atoms. The quantitative estimate of drug-likeness (QED) is 0.479. The number of carbonyl (C=O) groups excluding carboxylic acids is 1. The van der Waals surface area contributed by atoms with Crippen LogP contribution in [0.4, 0.5) is 5.69 Å². The number of amides is 1. The van der Waals surface area contributed by atoms with E-state index < -0.39 is 6.10 Å². The fourth-order valence-corrected chi connectivity index (χ4v) is 3.95. The van der Waals surface area contributed by atoms with Crippen molar-refractivity contribution >= 4 is 33.1 Å². The lowest BCUT2D eigenvalue weighted by Crippen LogP contribution is -2.30. The number of nitrogens with one attached hydrogen (secondary N) is 1. The first-order chi connectivity index (χ1) is 13.6. The summed E-state index contributed by atoms with van der Waals surface area (Å²) >= 11 is 1.61. The third-order valence-corrected chi connectivity index (χ3v) is 5.45. The minimum atomic E-state index is -0.620. The van der Waals surface area contributed by atoms with Crippen LogP contribution in [0.5, 0.6) is 5.75 Å². The molecule has 4 nitrogen and oxygen atoms in total. The van der Waals surface area contributed by atoms with Gasteiger partial charge in [0.15, 0.2) is 6.10 Å². The number of hydrogen-bond acceptors (Lipinski definition) is 4. The third kappa shape index (κ3) is 3.89. The molecule has 5 heteroatoms. The molecule has 1 amide bonds. The van der Waals surface area contributed by atoms with Gasteiger partial charge in [0.2, 0.25) is 0 Å². The van der Waals surface area contributed by atoms with Crippen molar-refractivity contribution < 1.29 is 9.53 Å². The molecule has 0 saturated heterocycles. The Bertz CT molecular complexity index is 1100. The molecule has 140 valence electrons. The molecule has 1 N–H and O–H groups in total. The summed E-state index contributed by atoms with van der Waals surface area (Å²) in [6.07, 6.45) is -0.620. The van der Waals surface area contributed by atoms with Gasteiger partial charge in [-0.25, -0.2) is 4.98 Å². The number of rotatable bonds is 5. The first-order valence-electron chi connectivity index (χ1n) is 9.09. The second kappa shape index (κ2) is 7.82. The van der Waals surface area contributed by atoms with Crippen LogP contribution in [0.25, 0.3) is 20.8 Å². The largest absolute Gasteiger partial charge is 0.481 e. The Kier molecular flexibility index (Phi) is 5.08. The predicted molar refractivity (Wildman–Crippen MR) is 115 cm³/mol. The van der Waals surface area contributed by atoms with Crippen LogP contribution < -0.4 is 10.1 Å². The van der Waals surface area contributed by atoms with Crippen molar-refractivity contribution in [1.82, 2.24) is 4.98 Å². The van der Waals surface area contributed by atoms with Crippen LogP contribution in [0.15, 0.2) is 72.8 Å². The summed E-state index contributed by atoms with van der Waals surface area (Å²) in [7, 11) is 0. The van der Waals surface area contributed by atoms with Gasteiger partial charge in [0, 0.05) is 5.56 Å². The first-order valence-corrected chi connectivity index (χ1v) is 9.91. The number of hydrogen-bond donors (Lipinski definition) is 1. The monoisotopic (exact) mass is 388 g/mol. The van der Waals surface area contributed by atoms with Crippen molar-refractivity contribution in [1.29, 1.82) is 0 Å². The molecule has 3 aromatic carbocycles. The summed E-state index contributed by atoms with van der Waals surface area (Å²) in [5.74, 6) is 0.483. The number of ether oxygens (including phenoxy) is 1. The van der Waals surface area contributed by atoms with Gasteiger partial charge in [-0.1, -0.05) is 36.4 Å². The van der Waals surface area contributed by atoms with E-state index in [0.29, 0.717) is 5.75 Å². The molecule has 0 aliphatic heterocycles. The van der Waals surface area contributed by atoms with E-state index >= 15 is 0 Å². The third-order valence-electron chi connectivity index (χ3n) is 4.38. The van der Waals surface area contributed by atoms with Crippen molar-refractivity contribution in [2.45, 2.75) is 20.0 Å². The molecule has 4 rings (SSSR count). The Morgan fingerprint density at radius 2 is 1.82 bits per heavy atom. The molecular weight excluding hydrogens is 368 g/mol. The van der Waals surface area contributed by atoms with E-state index in [0.717, 1.165) is 32.0 Å². The van der Waals surface area contributed by atoms with Crippen LogP contribution >= 0.6 is 11.3 Å². The molecule has 0 fully saturated rings. The summed E-state index contributed by atoms with van der Waals surface area (Å²) in [5.41, 5.74) is 3.68. The van der Waals surface area contributed by atoms with Gasteiger partial charge in [-0.05, 0) is 55.8 Å². The van der Waals surface area contributed by atoms with E-state index in [1.54, 1.807) is 18.3 Å². The number of benzene rings is 3. The van der Waals surface area contributed by atoms with Gasteiger partial charge in [-0.15, -0.1) is 11.3 Å². The van der Waals surface area contributed by atoms with Crippen molar-refractivity contribution in [3.63, 3.8) is 0 Å². The van der Waals surface area contributed by atoms with Gasteiger partial charge in [0.05, 0.1) is 15.9 Å². The van der Waals surface area contributed by atoms with Gasteiger partial charge in [-0.2, -0.15) is 0 Å². The predicted octanol–water partition coefficient (Wildman–Crippen LogP) is 5.68. The zero-order chi connectivity index (χ0) is 19.5. The van der Waals surface area contributed by atoms with Crippen LogP contribution in [-0.4, -0.2) is 17.0 Å². The molecule has 0 radical (unpaired) electrons. The lowest BCUT2D eigenvalue weighted by molar-refractivity contribution is -0.122. The van der Waals surface area contributed by atoms with Crippen molar-refractivity contribution in [2.24, 2.45) is 0 Å². The molecule has 4 aromatic rings. The topological polar surface area (TPSA) is 51.2 Å². The van der Waals surface area contributed by atoms with Crippen molar-refractivity contribution in [3.8, 4) is 16.3 Å². The van der Waals surface area contributed by atoms with E-state index in [2.05, 4.69) is 11.4 Å². The van der Waals surface area contributed by atoms with Gasteiger partial charge >= 0.3 is 0 Å². The SMILES string of the molecule is Cc1cccc(O[C@H](C)C(=O)Nc2ccccc2-c2nc3ccccc3s2)c1. The van der Waals surface area contributed by atoms with Gasteiger partial charge in [0.25, 0.3) is 5.91 Å². The average Bonchev–Trinajstić information content (AvgIpc) is 3.12. The number of aromatic nitrogens is 1. The van der Waals surface area contributed by atoms with Crippen LogP contribution in [-0.2, 0) is 4.79 Å². The normalized spacial score (nSPS) is 11.9. The molecule has 0 saturated carbocycles. The van der Waals surface area contributed by atoms with E-state index in [-0.39, 0.29) is 5.91 Å². The lowest BCUT2D eigenvalue weighted by atomic mass is 10.1. The molecule has 0 unspecified atom stereocenters. The second-order valence-electron chi connectivity index (χ2n) is 6.60. The fourth-order valence-electron chi connectivity index (χ4n) is 2.95. The number of nitrogens with zero attached hydrogens (tertiary/aromatic N) is 1. The Labute approximate surface area is 167 Å². The highest BCUT2D eigenvalue weighted by Crippen LogP contribution is 2.34. The van der Waals surface area contributed by atoms with Crippen molar-refractivity contribution in [3.05, 3.63) is 78.4 Å². The van der Waals surface area contributed by atoms with Crippen LogP contribution in [0.2, 0.25) is 0 Å². The maximum atomic E-state index is 12.7. The fraction of sp³-hybridized carbons (Fsp3) is 0.130. The minimum absolute atomic E-state index is 0.199. The number of anilines is 1. The smallest absolute Gasteiger partial charge is 0.265 e.